The monoisotopic (exact) mass is 280 g/mol. The lowest BCUT2D eigenvalue weighted by atomic mass is 9.94. The molecule has 1 aromatic rings. The van der Waals surface area contributed by atoms with Gasteiger partial charge in [-0.25, -0.2) is 0 Å². The van der Waals surface area contributed by atoms with E-state index in [1.54, 1.807) is 11.3 Å². The fourth-order valence-electron chi connectivity index (χ4n) is 2.94. The first-order valence-electron chi connectivity index (χ1n) is 7.16. The van der Waals surface area contributed by atoms with Crippen LogP contribution in [0.25, 0.3) is 0 Å². The highest BCUT2D eigenvalue weighted by molar-refractivity contribution is 7.09. The topological polar surface area (TPSA) is 46.3 Å². The Bertz CT molecular complexity index is 402. The SMILES string of the molecule is CC(C)N(Cc1cccs1)C(=O)C1CCCC1CN. The average molecular weight is 280 g/mol. The van der Waals surface area contributed by atoms with Crippen LogP contribution in [0.5, 0.6) is 0 Å². The summed E-state index contributed by atoms with van der Waals surface area (Å²) in [6.45, 7) is 5.57. The number of thiophene rings is 1. The van der Waals surface area contributed by atoms with E-state index in [4.69, 9.17) is 5.73 Å². The lowest BCUT2D eigenvalue weighted by molar-refractivity contribution is -0.139. The number of nitrogens with zero attached hydrogens (tertiary/aromatic N) is 1. The third-order valence-corrected chi connectivity index (χ3v) is 4.95. The molecule has 2 unspecified atom stereocenters. The van der Waals surface area contributed by atoms with E-state index in [1.165, 1.54) is 4.88 Å². The number of amides is 1. The lowest BCUT2D eigenvalue weighted by Crippen LogP contribution is -2.42. The Morgan fingerprint density at radius 1 is 1.53 bits per heavy atom. The first-order chi connectivity index (χ1) is 9.13. The maximum Gasteiger partial charge on any atom is 0.226 e. The molecule has 1 aromatic heterocycles. The van der Waals surface area contributed by atoms with Gasteiger partial charge in [0.05, 0.1) is 6.54 Å². The van der Waals surface area contributed by atoms with Crippen LogP contribution in [0, 0.1) is 11.8 Å². The number of hydrogen-bond donors (Lipinski definition) is 1. The van der Waals surface area contributed by atoms with Crippen molar-refractivity contribution in [2.45, 2.75) is 45.7 Å². The second-order valence-electron chi connectivity index (χ2n) is 5.67. The van der Waals surface area contributed by atoms with Crippen LogP contribution in [0.1, 0.15) is 38.0 Å². The molecule has 1 heterocycles. The third kappa shape index (κ3) is 3.37. The zero-order chi connectivity index (χ0) is 13.8. The number of hydrogen-bond acceptors (Lipinski definition) is 3. The van der Waals surface area contributed by atoms with Gasteiger partial charge in [0.25, 0.3) is 0 Å². The fraction of sp³-hybridized carbons (Fsp3) is 0.667. The molecule has 1 saturated carbocycles. The van der Waals surface area contributed by atoms with E-state index in [0.717, 1.165) is 25.8 Å². The highest BCUT2D eigenvalue weighted by atomic mass is 32.1. The van der Waals surface area contributed by atoms with Crippen molar-refractivity contribution < 1.29 is 4.79 Å². The van der Waals surface area contributed by atoms with Crippen molar-refractivity contribution >= 4 is 17.2 Å². The van der Waals surface area contributed by atoms with Gasteiger partial charge in [-0.2, -0.15) is 0 Å². The Labute approximate surface area is 119 Å². The molecule has 4 heteroatoms. The molecule has 2 rings (SSSR count). The summed E-state index contributed by atoms with van der Waals surface area (Å²) in [5.74, 6) is 0.834. The van der Waals surface area contributed by atoms with Gasteiger partial charge >= 0.3 is 0 Å². The Morgan fingerprint density at radius 3 is 2.89 bits per heavy atom. The van der Waals surface area contributed by atoms with Crippen molar-refractivity contribution in [2.24, 2.45) is 17.6 Å². The summed E-state index contributed by atoms with van der Waals surface area (Å²) in [4.78, 5) is 16.0. The van der Waals surface area contributed by atoms with E-state index in [0.29, 0.717) is 18.4 Å². The van der Waals surface area contributed by atoms with Gasteiger partial charge in [0, 0.05) is 16.8 Å². The molecule has 0 radical (unpaired) electrons. The molecule has 0 bridgehead atoms. The molecule has 1 fully saturated rings. The molecule has 1 aliphatic rings. The molecule has 0 spiro atoms. The van der Waals surface area contributed by atoms with E-state index in [-0.39, 0.29) is 12.0 Å². The van der Waals surface area contributed by atoms with Gasteiger partial charge < -0.3 is 10.6 Å². The van der Waals surface area contributed by atoms with Crippen molar-refractivity contribution in [1.82, 2.24) is 4.90 Å². The van der Waals surface area contributed by atoms with Gasteiger partial charge in [0.2, 0.25) is 5.91 Å². The van der Waals surface area contributed by atoms with E-state index >= 15 is 0 Å². The number of nitrogens with two attached hydrogens (primary N) is 1. The molecule has 1 aliphatic carbocycles. The van der Waals surface area contributed by atoms with Crippen LogP contribution in [0.15, 0.2) is 17.5 Å². The van der Waals surface area contributed by atoms with Crippen LogP contribution < -0.4 is 5.73 Å². The van der Waals surface area contributed by atoms with Gasteiger partial charge in [-0.15, -0.1) is 11.3 Å². The molecule has 2 atom stereocenters. The number of carbonyl (C=O) groups excluding carboxylic acids is 1. The van der Waals surface area contributed by atoms with Crippen LogP contribution in [0.2, 0.25) is 0 Å². The van der Waals surface area contributed by atoms with Gasteiger partial charge in [0.1, 0.15) is 0 Å². The van der Waals surface area contributed by atoms with Crippen LogP contribution >= 0.6 is 11.3 Å². The number of rotatable bonds is 5. The Kier molecular flexibility index (Phi) is 4.99. The van der Waals surface area contributed by atoms with Crippen LogP contribution in [0.4, 0.5) is 0 Å². The zero-order valence-corrected chi connectivity index (χ0v) is 12.7. The standard InChI is InChI=1S/C15H24N2OS/c1-11(2)17(10-13-6-4-8-19-13)15(18)14-7-3-5-12(14)9-16/h4,6,8,11-12,14H,3,5,7,9-10,16H2,1-2H3. The maximum absolute atomic E-state index is 12.8. The Hall–Kier alpha value is -0.870. The molecule has 3 nitrogen and oxygen atoms in total. The highest BCUT2D eigenvalue weighted by Gasteiger charge is 2.35. The molecule has 106 valence electrons. The molecule has 0 aliphatic heterocycles. The number of carbonyl (C=O) groups is 1. The molecular formula is C15H24N2OS. The van der Waals surface area contributed by atoms with Gasteiger partial charge in [0.15, 0.2) is 0 Å². The molecule has 2 N–H and O–H groups in total. The molecule has 19 heavy (non-hydrogen) atoms. The van der Waals surface area contributed by atoms with Crippen LogP contribution in [-0.2, 0) is 11.3 Å². The highest BCUT2D eigenvalue weighted by Crippen LogP contribution is 2.33. The Balaban J connectivity index is 2.08. The van der Waals surface area contributed by atoms with Crippen molar-refractivity contribution in [3.05, 3.63) is 22.4 Å². The average Bonchev–Trinajstić information content (AvgIpc) is 3.05. The first kappa shape index (κ1) is 14.5. The van der Waals surface area contributed by atoms with Crippen molar-refractivity contribution in [3.63, 3.8) is 0 Å². The van der Waals surface area contributed by atoms with Crippen molar-refractivity contribution in [1.29, 1.82) is 0 Å². The van der Waals surface area contributed by atoms with E-state index in [9.17, 15) is 4.79 Å². The van der Waals surface area contributed by atoms with Crippen LogP contribution in [0.3, 0.4) is 0 Å². The molecular weight excluding hydrogens is 256 g/mol. The summed E-state index contributed by atoms with van der Waals surface area (Å²) in [6, 6.07) is 4.39. The summed E-state index contributed by atoms with van der Waals surface area (Å²) in [5.41, 5.74) is 5.81. The summed E-state index contributed by atoms with van der Waals surface area (Å²) < 4.78 is 0. The van der Waals surface area contributed by atoms with Gasteiger partial charge in [-0.05, 0) is 50.6 Å². The minimum Gasteiger partial charge on any atom is -0.335 e. The van der Waals surface area contributed by atoms with Crippen molar-refractivity contribution in [2.75, 3.05) is 6.54 Å². The lowest BCUT2D eigenvalue weighted by Gasteiger charge is -2.31. The Morgan fingerprint density at radius 2 is 2.32 bits per heavy atom. The smallest absolute Gasteiger partial charge is 0.226 e. The summed E-state index contributed by atoms with van der Waals surface area (Å²) >= 11 is 1.72. The minimum absolute atomic E-state index is 0.146. The summed E-state index contributed by atoms with van der Waals surface area (Å²) in [5, 5.41) is 2.07. The van der Waals surface area contributed by atoms with Crippen LogP contribution in [-0.4, -0.2) is 23.4 Å². The summed E-state index contributed by atoms with van der Waals surface area (Å²) in [6.07, 6.45) is 3.26. The summed E-state index contributed by atoms with van der Waals surface area (Å²) in [7, 11) is 0. The fourth-order valence-corrected chi connectivity index (χ4v) is 3.65. The zero-order valence-electron chi connectivity index (χ0n) is 11.8. The largest absolute Gasteiger partial charge is 0.335 e. The van der Waals surface area contributed by atoms with Gasteiger partial charge in [-0.1, -0.05) is 12.5 Å². The second-order valence-corrected chi connectivity index (χ2v) is 6.70. The molecule has 0 aromatic carbocycles. The van der Waals surface area contributed by atoms with Crippen molar-refractivity contribution in [3.8, 4) is 0 Å². The third-order valence-electron chi connectivity index (χ3n) is 4.09. The predicted octanol–water partition coefficient (Wildman–Crippen LogP) is 2.86. The van der Waals surface area contributed by atoms with Gasteiger partial charge in [-0.3, -0.25) is 4.79 Å². The predicted molar refractivity (Wildman–Crippen MR) is 79.9 cm³/mol. The van der Waals surface area contributed by atoms with E-state index < -0.39 is 0 Å². The quantitative estimate of drug-likeness (QED) is 0.901. The minimum atomic E-state index is 0.146. The van der Waals surface area contributed by atoms with E-state index in [1.807, 2.05) is 11.0 Å². The second kappa shape index (κ2) is 6.53. The maximum atomic E-state index is 12.8. The normalized spacial score (nSPS) is 22.9. The first-order valence-corrected chi connectivity index (χ1v) is 8.04. The molecule has 0 saturated heterocycles. The molecule has 1 amide bonds. The van der Waals surface area contributed by atoms with E-state index in [2.05, 4.69) is 25.3 Å².